The first-order valence-corrected chi connectivity index (χ1v) is 4.36. The van der Waals surface area contributed by atoms with Gasteiger partial charge in [-0.3, -0.25) is 4.79 Å². The Bertz CT molecular complexity index is 439. The third-order valence-corrected chi connectivity index (χ3v) is 1.66. The van der Waals surface area contributed by atoms with Crippen molar-refractivity contribution in [2.24, 2.45) is 0 Å². The van der Waals surface area contributed by atoms with Gasteiger partial charge in [0.2, 0.25) is 0 Å². The van der Waals surface area contributed by atoms with Gasteiger partial charge in [0.1, 0.15) is 11.6 Å². The van der Waals surface area contributed by atoms with Gasteiger partial charge in [0.25, 0.3) is 0 Å². The summed E-state index contributed by atoms with van der Waals surface area (Å²) in [5.41, 5.74) is -0.197. The minimum absolute atomic E-state index is 0.0107. The fourth-order valence-electron chi connectivity index (χ4n) is 0.964. The summed E-state index contributed by atoms with van der Waals surface area (Å²) in [7, 11) is 0. The van der Waals surface area contributed by atoms with Gasteiger partial charge in [-0.2, -0.15) is 0 Å². The Labute approximate surface area is 91.0 Å². The Balaban J connectivity index is 2.64. The molecule has 5 heteroatoms. The quantitative estimate of drug-likeness (QED) is 0.481. The number of hydrogen-bond donors (Lipinski definition) is 1. The van der Waals surface area contributed by atoms with Crippen LogP contribution in [0.5, 0.6) is 5.75 Å². The number of aliphatic carboxylic acids is 1. The summed E-state index contributed by atoms with van der Waals surface area (Å²) in [5, 5.41) is 8.41. The molecule has 0 unspecified atom stereocenters. The van der Waals surface area contributed by atoms with E-state index >= 15 is 0 Å². The van der Waals surface area contributed by atoms with Crippen molar-refractivity contribution in [3.63, 3.8) is 0 Å². The van der Waals surface area contributed by atoms with E-state index in [1.165, 1.54) is 18.2 Å². The topological polar surface area (TPSA) is 63.6 Å². The highest BCUT2D eigenvalue weighted by Crippen LogP contribution is 2.14. The molecule has 0 aliphatic heterocycles. The zero-order valence-electron chi connectivity index (χ0n) is 8.27. The number of carboxylic acids is 1. The predicted octanol–water partition coefficient (Wildman–Crippen LogP) is 1.76. The minimum atomic E-state index is -1.18. The van der Waals surface area contributed by atoms with Crippen LogP contribution < -0.4 is 4.74 Å². The molecule has 1 aromatic rings. The average molecular weight is 224 g/mol. The van der Waals surface area contributed by atoms with Gasteiger partial charge in [0, 0.05) is 11.6 Å². The van der Waals surface area contributed by atoms with E-state index in [9.17, 15) is 14.0 Å². The van der Waals surface area contributed by atoms with Gasteiger partial charge in [-0.05, 0) is 12.1 Å². The number of carbonyl (C=O) groups excluding carboxylic acids is 1. The highest BCUT2D eigenvalue weighted by atomic mass is 19.1. The Morgan fingerprint density at radius 3 is 2.69 bits per heavy atom. The molecule has 1 rings (SSSR count). The van der Waals surface area contributed by atoms with Crippen LogP contribution in [-0.2, 0) is 9.59 Å². The summed E-state index contributed by atoms with van der Waals surface area (Å²) in [6, 6.07) is 4.97. The molecule has 0 amide bonds. The summed E-state index contributed by atoms with van der Waals surface area (Å²) in [5.74, 6) is -2.60. The Kier molecular flexibility index (Phi) is 3.77. The smallest absolute Gasteiger partial charge is 0.339 e. The van der Waals surface area contributed by atoms with Crippen LogP contribution in [0.1, 0.15) is 6.42 Å². The van der Waals surface area contributed by atoms with Gasteiger partial charge in [0.15, 0.2) is 0 Å². The molecule has 0 radical (unpaired) electrons. The van der Waals surface area contributed by atoms with Crippen LogP contribution in [0.2, 0.25) is 0 Å². The van der Waals surface area contributed by atoms with Gasteiger partial charge in [0.05, 0.1) is 6.42 Å². The van der Waals surface area contributed by atoms with E-state index in [0.717, 1.165) is 6.07 Å². The predicted molar refractivity (Wildman–Crippen MR) is 53.4 cm³/mol. The zero-order valence-corrected chi connectivity index (χ0v) is 8.27. The van der Waals surface area contributed by atoms with E-state index in [1.54, 1.807) is 0 Å². The second kappa shape index (κ2) is 5.06. The largest absolute Gasteiger partial charge is 0.481 e. The van der Waals surface area contributed by atoms with E-state index in [4.69, 9.17) is 9.84 Å². The third-order valence-electron chi connectivity index (χ3n) is 1.66. The Morgan fingerprint density at radius 2 is 2.12 bits per heavy atom. The van der Waals surface area contributed by atoms with Crippen LogP contribution in [-0.4, -0.2) is 17.0 Å². The number of halogens is 1. The molecule has 0 aliphatic carbocycles. The molecule has 0 heterocycles. The van der Waals surface area contributed by atoms with Crippen LogP contribution in [0.4, 0.5) is 4.39 Å². The lowest BCUT2D eigenvalue weighted by molar-refractivity contribution is -0.138. The van der Waals surface area contributed by atoms with Crippen molar-refractivity contribution in [2.75, 3.05) is 0 Å². The monoisotopic (exact) mass is 224 g/mol. The molecule has 0 aromatic heterocycles. The highest BCUT2D eigenvalue weighted by Gasteiger charge is 2.13. The lowest BCUT2D eigenvalue weighted by Gasteiger charge is -2.04. The number of benzene rings is 1. The molecule has 4 nitrogen and oxygen atoms in total. The first kappa shape index (κ1) is 11.9. The molecule has 0 saturated heterocycles. The average Bonchev–Trinajstić information content (AvgIpc) is 2.16. The Morgan fingerprint density at radius 1 is 1.44 bits per heavy atom. The maximum absolute atomic E-state index is 12.7. The molecular weight excluding hydrogens is 215 g/mol. The summed E-state index contributed by atoms with van der Waals surface area (Å²) in [6.07, 6.45) is -0.506. The molecule has 0 aliphatic rings. The van der Waals surface area contributed by atoms with E-state index in [2.05, 4.69) is 6.58 Å². The van der Waals surface area contributed by atoms with Crippen molar-refractivity contribution in [1.29, 1.82) is 0 Å². The van der Waals surface area contributed by atoms with Crippen molar-refractivity contribution in [3.05, 3.63) is 42.2 Å². The summed E-state index contributed by atoms with van der Waals surface area (Å²) in [4.78, 5) is 21.5. The normalized spacial score (nSPS) is 9.56. The van der Waals surface area contributed by atoms with Crippen LogP contribution in [0.15, 0.2) is 36.4 Å². The summed E-state index contributed by atoms with van der Waals surface area (Å²) < 4.78 is 17.4. The maximum Gasteiger partial charge on any atom is 0.339 e. The fraction of sp³-hybridized carbons (Fsp3) is 0.0909. The molecule has 0 bridgehead atoms. The fourth-order valence-corrected chi connectivity index (χ4v) is 0.964. The number of esters is 1. The maximum atomic E-state index is 12.7. The number of rotatable bonds is 4. The first-order valence-electron chi connectivity index (χ1n) is 4.36. The molecule has 84 valence electrons. The van der Waals surface area contributed by atoms with Gasteiger partial charge >= 0.3 is 11.9 Å². The lowest BCUT2D eigenvalue weighted by Crippen LogP contribution is -2.13. The van der Waals surface area contributed by atoms with Gasteiger partial charge in [-0.1, -0.05) is 12.6 Å². The van der Waals surface area contributed by atoms with Gasteiger partial charge in [-0.25, -0.2) is 9.18 Å². The molecule has 16 heavy (non-hydrogen) atoms. The van der Waals surface area contributed by atoms with Crippen LogP contribution in [0.3, 0.4) is 0 Å². The van der Waals surface area contributed by atoms with E-state index < -0.39 is 24.2 Å². The number of ether oxygens (including phenoxy) is 1. The van der Waals surface area contributed by atoms with Crippen molar-refractivity contribution in [1.82, 2.24) is 0 Å². The van der Waals surface area contributed by atoms with Crippen molar-refractivity contribution in [3.8, 4) is 5.75 Å². The molecule has 0 fully saturated rings. The van der Waals surface area contributed by atoms with Crippen LogP contribution in [0.25, 0.3) is 0 Å². The number of hydrogen-bond acceptors (Lipinski definition) is 3. The Hall–Kier alpha value is -2.17. The number of carboxylic acid groups (broad SMARTS) is 1. The second-order valence-corrected chi connectivity index (χ2v) is 3.02. The molecule has 1 N–H and O–H groups in total. The van der Waals surface area contributed by atoms with Crippen LogP contribution in [0, 0.1) is 5.82 Å². The lowest BCUT2D eigenvalue weighted by atomic mass is 10.2. The molecule has 0 atom stereocenters. The summed E-state index contributed by atoms with van der Waals surface area (Å²) >= 11 is 0. The highest BCUT2D eigenvalue weighted by molar-refractivity contribution is 5.94. The minimum Gasteiger partial charge on any atom is -0.481 e. The van der Waals surface area contributed by atoms with E-state index in [0.29, 0.717) is 0 Å². The van der Waals surface area contributed by atoms with Gasteiger partial charge < -0.3 is 9.84 Å². The second-order valence-electron chi connectivity index (χ2n) is 3.02. The van der Waals surface area contributed by atoms with Crippen molar-refractivity contribution >= 4 is 11.9 Å². The van der Waals surface area contributed by atoms with Crippen molar-refractivity contribution in [2.45, 2.75) is 6.42 Å². The zero-order chi connectivity index (χ0) is 12.1. The summed E-state index contributed by atoms with van der Waals surface area (Å²) in [6.45, 7) is 3.26. The molecule has 1 aromatic carbocycles. The van der Waals surface area contributed by atoms with E-state index in [-0.39, 0.29) is 11.3 Å². The van der Waals surface area contributed by atoms with E-state index in [1.807, 2.05) is 0 Å². The SMILES string of the molecule is C=C(CC(=O)O)C(=O)Oc1cccc(F)c1. The number of carbonyl (C=O) groups is 2. The van der Waals surface area contributed by atoms with Gasteiger partial charge in [-0.15, -0.1) is 0 Å². The van der Waals surface area contributed by atoms with Crippen molar-refractivity contribution < 1.29 is 23.8 Å². The first-order chi connectivity index (χ1) is 7.49. The van der Waals surface area contributed by atoms with Crippen LogP contribution >= 0.6 is 0 Å². The third kappa shape index (κ3) is 3.53. The molecule has 0 spiro atoms. The standard InChI is InChI=1S/C11H9FO4/c1-7(5-10(13)14)11(15)16-9-4-2-3-8(12)6-9/h2-4,6H,1,5H2,(H,13,14). The molecular formula is C11H9FO4. The molecule has 0 saturated carbocycles.